The molecule has 2 aliphatic rings. The molecule has 12 nitrogen and oxygen atoms in total. The number of likely N-dealkylation sites (N-methyl/N-ethyl adjacent to an activating group) is 1. The van der Waals surface area contributed by atoms with Crippen LogP contribution >= 0.6 is 0 Å². The van der Waals surface area contributed by atoms with Crippen LogP contribution in [-0.4, -0.2) is 87.3 Å². The highest BCUT2D eigenvalue weighted by molar-refractivity contribution is 7.87. The summed E-state index contributed by atoms with van der Waals surface area (Å²) in [6.45, 7) is 7.77. The molecular formula is C26H47N5O7S. The van der Waals surface area contributed by atoms with Crippen molar-refractivity contribution in [1.29, 1.82) is 0 Å². The van der Waals surface area contributed by atoms with Gasteiger partial charge >= 0.3 is 16.3 Å². The lowest BCUT2D eigenvalue weighted by Crippen LogP contribution is -2.48. The van der Waals surface area contributed by atoms with Gasteiger partial charge in [0.1, 0.15) is 18.2 Å². The summed E-state index contributed by atoms with van der Waals surface area (Å²) < 4.78 is 31.1. The Hall–Kier alpha value is -2.67. The Morgan fingerprint density at radius 3 is 2.33 bits per heavy atom. The maximum Gasteiger partial charge on any atom is 0.408 e. The van der Waals surface area contributed by atoms with Gasteiger partial charge in [-0.25, -0.2) is 9.52 Å². The molecule has 2 fully saturated rings. The second kappa shape index (κ2) is 15.8. The molecule has 1 aliphatic heterocycles. The van der Waals surface area contributed by atoms with Crippen molar-refractivity contribution in [3.63, 3.8) is 0 Å². The predicted molar refractivity (Wildman–Crippen MR) is 149 cm³/mol. The first-order chi connectivity index (χ1) is 18.1. The Kier molecular flexibility index (Phi) is 13.9. The van der Waals surface area contributed by atoms with Crippen molar-refractivity contribution in [1.82, 2.24) is 24.6 Å². The highest BCUT2D eigenvalue weighted by atomic mass is 32.2. The number of allylic oxidation sites excluding steroid dienone is 2. The molecule has 39 heavy (non-hydrogen) atoms. The number of ether oxygens (including phenoxy) is 1. The molecule has 2 unspecified atom stereocenters. The molecule has 0 aromatic carbocycles. The van der Waals surface area contributed by atoms with Crippen LogP contribution in [0.5, 0.6) is 0 Å². The molecule has 3 N–H and O–H groups in total. The van der Waals surface area contributed by atoms with Gasteiger partial charge in [-0.05, 0) is 58.8 Å². The Balaban J connectivity index is 0.000000391. The molecular weight excluding hydrogens is 526 g/mol. The lowest BCUT2D eigenvalue weighted by Gasteiger charge is -2.24. The number of alkyl carbamates (subject to hydrolysis) is 1. The summed E-state index contributed by atoms with van der Waals surface area (Å²) in [5.41, 5.74) is -0.606. The Morgan fingerprint density at radius 2 is 1.77 bits per heavy atom. The summed E-state index contributed by atoms with van der Waals surface area (Å²) in [5, 5.41) is 4.95. The fourth-order valence-electron chi connectivity index (χ4n) is 3.87. The summed E-state index contributed by atoms with van der Waals surface area (Å²) >= 11 is 0. The fourth-order valence-corrected chi connectivity index (χ4v) is 4.46. The Morgan fingerprint density at radius 1 is 1.10 bits per heavy atom. The van der Waals surface area contributed by atoms with Crippen molar-refractivity contribution >= 4 is 34.0 Å². The molecule has 4 amide bonds. The van der Waals surface area contributed by atoms with Crippen molar-refractivity contribution in [3.05, 3.63) is 12.2 Å². The number of hydrogen-bond donors (Lipinski definition) is 3. The van der Waals surface area contributed by atoms with Gasteiger partial charge in [0.05, 0.1) is 0 Å². The lowest BCUT2D eigenvalue weighted by molar-refractivity contribution is -0.137. The van der Waals surface area contributed by atoms with Crippen LogP contribution in [0.3, 0.4) is 0 Å². The third-order valence-corrected chi connectivity index (χ3v) is 7.57. The number of hydrogen-bond acceptors (Lipinski definition) is 7. The molecule has 0 spiro atoms. The first-order valence-electron chi connectivity index (χ1n) is 13.5. The van der Waals surface area contributed by atoms with E-state index in [-0.39, 0.29) is 30.2 Å². The van der Waals surface area contributed by atoms with Crippen LogP contribution in [0.15, 0.2) is 12.2 Å². The third kappa shape index (κ3) is 12.8. The number of unbranched alkanes of at least 4 members (excludes halogenated alkanes) is 3. The van der Waals surface area contributed by atoms with Crippen LogP contribution in [0.1, 0.15) is 72.6 Å². The number of nitrogens with zero attached hydrogens (tertiary/aromatic N) is 2. The molecule has 3 atom stereocenters. The quantitative estimate of drug-likeness (QED) is 0.252. The number of rotatable bonds is 11. The summed E-state index contributed by atoms with van der Waals surface area (Å²) in [5.74, 6) is -0.817. The van der Waals surface area contributed by atoms with E-state index >= 15 is 0 Å². The van der Waals surface area contributed by atoms with Gasteiger partial charge in [-0.15, -0.1) is 0 Å². The number of carbonyl (C=O) groups is 4. The zero-order valence-electron chi connectivity index (χ0n) is 24.4. The van der Waals surface area contributed by atoms with E-state index in [1.54, 1.807) is 27.8 Å². The van der Waals surface area contributed by atoms with Crippen molar-refractivity contribution in [3.8, 4) is 0 Å². The molecule has 1 saturated carbocycles. The third-order valence-electron chi connectivity index (χ3n) is 6.15. The minimum atomic E-state index is -3.65. The topological polar surface area (TPSA) is 154 Å². The summed E-state index contributed by atoms with van der Waals surface area (Å²) in [7, 11) is 0.688. The molecule has 0 aromatic heterocycles. The smallest absolute Gasteiger partial charge is 0.408 e. The lowest BCUT2D eigenvalue weighted by atomic mass is 10.2. The van der Waals surface area contributed by atoms with Gasteiger partial charge in [-0.2, -0.15) is 12.7 Å². The van der Waals surface area contributed by atoms with Crippen LogP contribution in [0, 0.1) is 11.8 Å². The van der Waals surface area contributed by atoms with Gasteiger partial charge in [-0.3, -0.25) is 14.4 Å². The van der Waals surface area contributed by atoms with E-state index in [4.69, 9.17) is 4.74 Å². The Bertz CT molecular complexity index is 976. The standard InChI is InChI=1S/C13H23N3O4.C13H24N2O3S/c1-13(2,3)20-12(19)15-8-10(17)16-7-5-6-9(16)11(18)14-4;1-4-5-6-7-8-9-11-10-12(11)13(16)14-19(17,18)15(2)3/h9H,5-8H2,1-4H3,(H,14,18)(H,15,19);8-9,11-12H,4-7,10H2,1-3H3,(H,14,16)/b;9-8-/t9-;/m0./s1. The van der Waals surface area contributed by atoms with E-state index in [0.29, 0.717) is 13.0 Å². The van der Waals surface area contributed by atoms with Crippen LogP contribution in [-0.2, 0) is 29.3 Å². The van der Waals surface area contributed by atoms with Gasteiger partial charge in [0.2, 0.25) is 17.7 Å². The predicted octanol–water partition coefficient (Wildman–Crippen LogP) is 1.93. The monoisotopic (exact) mass is 573 g/mol. The molecule has 1 saturated heterocycles. The molecule has 2 rings (SSSR count). The fraction of sp³-hybridized carbons (Fsp3) is 0.769. The van der Waals surface area contributed by atoms with Crippen molar-refractivity contribution in [2.75, 3.05) is 34.2 Å². The van der Waals surface area contributed by atoms with Crippen molar-refractivity contribution in [2.45, 2.75) is 84.3 Å². The second-order valence-corrected chi connectivity index (χ2v) is 12.8. The van der Waals surface area contributed by atoms with Crippen molar-refractivity contribution in [2.24, 2.45) is 11.8 Å². The average molecular weight is 574 g/mol. The van der Waals surface area contributed by atoms with E-state index in [1.165, 1.54) is 38.3 Å². The van der Waals surface area contributed by atoms with Crippen LogP contribution in [0.2, 0.25) is 0 Å². The molecule has 1 aliphatic carbocycles. The highest BCUT2D eigenvalue weighted by Crippen LogP contribution is 2.40. The van der Waals surface area contributed by atoms with Gasteiger partial charge < -0.3 is 20.3 Å². The normalized spacial score (nSPS) is 20.7. The molecule has 0 bridgehead atoms. The molecule has 0 aromatic rings. The highest BCUT2D eigenvalue weighted by Gasteiger charge is 2.42. The van der Waals surface area contributed by atoms with Crippen molar-refractivity contribution < 1.29 is 32.3 Å². The molecule has 13 heteroatoms. The first kappa shape index (κ1) is 34.4. The Labute approximate surface area is 233 Å². The minimum absolute atomic E-state index is 0.164. The van der Waals surface area contributed by atoms with E-state index in [0.717, 1.165) is 23.6 Å². The maximum absolute atomic E-state index is 12.0. The number of carbonyl (C=O) groups excluding carboxylic acids is 4. The van der Waals surface area contributed by atoms with Crippen LogP contribution < -0.4 is 15.4 Å². The van der Waals surface area contributed by atoms with Gasteiger partial charge in [0.15, 0.2) is 0 Å². The van der Waals surface area contributed by atoms with E-state index in [1.807, 2.05) is 6.08 Å². The number of nitrogens with one attached hydrogen (secondary N) is 3. The summed E-state index contributed by atoms with van der Waals surface area (Å²) in [6.07, 6.45) is 10.3. The summed E-state index contributed by atoms with van der Waals surface area (Å²) in [6, 6.07) is -0.437. The van der Waals surface area contributed by atoms with Gasteiger partial charge in [-0.1, -0.05) is 31.9 Å². The number of amides is 4. The van der Waals surface area contributed by atoms with Gasteiger partial charge in [0.25, 0.3) is 0 Å². The number of likely N-dealkylation sites (tertiary alicyclic amines) is 1. The van der Waals surface area contributed by atoms with E-state index in [2.05, 4.69) is 28.4 Å². The minimum Gasteiger partial charge on any atom is -0.444 e. The maximum atomic E-state index is 12.0. The first-order valence-corrected chi connectivity index (χ1v) is 15.0. The van der Waals surface area contributed by atoms with Gasteiger partial charge in [0, 0.05) is 33.6 Å². The average Bonchev–Trinajstić information content (AvgIpc) is 3.45. The zero-order valence-corrected chi connectivity index (χ0v) is 25.2. The zero-order chi connectivity index (χ0) is 29.8. The second-order valence-electron chi connectivity index (χ2n) is 10.9. The molecule has 224 valence electrons. The molecule has 1 heterocycles. The van der Waals surface area contributed by atoms with E-state index in [9.17, 15) is 27.6 Å². The summed E-state index contributed by atoms with van der Waals surface area (Å²) in [4.78, 5) is 48.3. The van der Waals surface area contributed by atoms with E-state index < -0.39 is 33.9 Å². The SMILES string of the molecule is CCCCC/C=C\C1CC1C(=O)NS(=O)(=O)N(C)C.CNC(=O)[C@@H]1CCCN1C(=O)CNC(=O)OC(C)(C)C. The molecule has 0 radical (unpaired) electrons. The van der Waals surface area contributed by atoms with Crippen LogP contribution in [0.4, 0.5) is 4.79 Å². The van der Waals surface area contributed by atoms with Crippen LogP contribution in [0.25, 0.3) is 0 Å². The largest absolute Gasteiger partial charge is 0.444 e.